The van der Waals surface area contributed by atoms with Crippen molar-refractivity contribution in [3.8, 4) is 11.8 Å². The van der Waals surface area contributed by atoms with Crippen LogP contribution < -0.4 is 11.1 Å². The highest BCUT2D eigenvalue weighted by Crippen LogP contribution is 2.34. The van der Waals surface area contributed by atoms with E-state index < -0.39 is 11.7 Å². The van der Waals surface area contributed by atoms with E-state index in [0.717, 1.165) is 56.6 Å². The van der Waals surface area contributed by atoms with Crippen molar-refractivity contribution in [3.63, 3.8) is 0 Å². The number of nitrogen functional groups attached to an aromatic ring is 1. The first-order chi connectivity index (χ1) is 22.0. The molecule has 0 bridgehead atoms. The largest absolute Gasteiger partial charge is 0.416 e. The molecule has 0 radical (unpaired) electrons. The van der Waals surface area contributed by atoms with Crippen molar-refractivity contribution >= 4 is 28.9 Å². The number of hydrogen-bond donors (Lipinski definition) is 3. The van der Waals surface area contributed by atoms with Crippen LogP contribution in [0.4, 0.5) is 24.7 Å². The molecule has 4 aromatic rings. The average molecular weight is 637 g/mol. The number of anilines is 2. The summed E-state index contributed by atoms with van der Waals surface area (Å²) in [6, 6.07) is 10.1. The lowest BCUT2D eigenvalue weighted by molar-refractivity contribution is -0.138. The predicted molar refractivity (Wildman–Crippen MR) is 172 cm³/mol. The number of hydrogen-bond acceptors (Lipinski definition) is 8. The van der Waals surface area contributed by atoms with Gasteiger partial charge < -0.3 is 20.7 Å². The summed E-state index contributed by atoms with van der Waals surface area (Å²) in [5.74, 6) is 6.59. The number of piperazine rings is 1. The van der Waals surface area contributed by atoms with Crippen LogP contribution in [0.15, 0.2) is 42.7 Å². The molecule has 0 saturated carbocycles. The topological polar surface area (TPSA) is 125 Å². The van der Waals surface area contributed by atoms with E-state index in [-0.39, 0.29) is 17.8 Å². The van der Waals surface area contributed by atoms with Gasteiger partial charge in [0.2, 0.25) is 6.41 Å². The first-order valence-corrected chi connectivity index (χ1v) is 15.0. The van der Waals surface area contributed by atoms with Crippen molar-refractivity contribution in [3.05, 3.63) is 76.2 Å². The molecule has 2 aromatic heterocycles. The molecule has 2 aliphatic rings. The molecule has 2 aliphatic heterocycles. The number of nitrogens with zero attached hydrogens (tertiary/aromatic N) is 5. The van der Waals surface area contributed by atoms with Gasteiger partial charge in [-0.05, 0) is 74.5 Å². The molecule has 13 heteroatoms. The lowest BCUT2D eigenvalue weighted by atomic mass is 10.0. The Morgan fingerprint density at radius 1 is 1.04 bits per heavy atom. The van der Waals surface area contributed by atoms with Gasteiger partial charge in [0, 0.05) is 57.2 Å². The first-order valence-electron chi connectivity index (χ1n) is 15.0. The highest BCUT2D eigenvalue weighted by Gasteiger charge is 2.34. The molecular weight excluding hydrogens is 597 g/mol. The van der Waals surface area contributed by atoms with E-state index >= 15 is 0 Å². The number of nitrogens with two attached hydrogens (primary N) is 1. The molecule has 0 unspecified atom stereocenters. The molecule has 2 saturated heterocycles. The number of halogens is 3. The van der Waals surface area contributed by atoms with E-state index in [2.05, 4.69) is 60.4 Å². The summed E-state index contributed by atoms with van der Waals surface area (Å²) in [4.78, 5) is 22.5. The summed E-state index contributed by atoms with van der Waals surface area (Å²) in [6.07, 6.45) is -0.113. The van der Waals surface area contributed by atoms with Crippen LogP contribution in [0.3, 0.4) is 0 Å². The Balaban J connectivity index is 0.000000181. The molecule has 4 N–H and O–H groups in total. The van der Waals surface area contributed by atoms with E-state index in [1.54, 1.807) is 0 Å². The van der Waals surface area contributed by atoms with E-state index in [1.165, 1.54) is 36.9 Å². The van der Waals surface area contributed by atoms with Gasteiger partial charge in [-0.1, -0.05) is 24.1 Å². The molecule has 2 fully saturated rings. The van der Waals surface area contributed by atoms with Crippen LogP contribution in [-0.2, 0) is 22.3 Å². The van der Waals surface area contributed by atoms with Crippen molar-refractivity contribution in [2.24, 2.45) is 0 Å². The maximum atomic E-state index is 13.1. The molecule has 244 valence electrons. The molecule has 10 nitrogen and oxygen atoms in total. The lowest BCUT2D eigenvalue weighted by Gasteiger charge is -2.33. The van der Waals surface area contributed by atoms with Gasteiger partial charge in [0.05, 0.1) is 10.9 Å². The fourth-order valence-electron chi connectivity index (χ4n) is 4.86. The number of carbonyl (C=O) groups is 1. The number of nitrogens with one attached hydrogen (secondary N) is 2. The minimum Gasteiger partial charge on any atom is -0.383 e. The summed E-state index contributed by atoms with van der Waals surface area (Å²) in [5.41, 5.74) is 10.0. The highest BCUT2D eigenvalue weighted by molar-refractivity contribution is 5.90. The molecule has 1 amide bonds. The molecule has 0 atom stereocenters. The van der Waals surface area contributed by atoms with E-state index in [0.29, 0.717) is 29.0 Å². The van der Waals surface area contributed by atoms with Gasteiger partial charge in [-0.3, -0.25) is 14.8 Å². The Morgan fingerprint density at radius 2 is 1.78 bits per heavy atom. The van der Waals surface area contributed by atoms with Crippen LogP contribution in [-0.4, -0.2) is 82.8 Å². The molecule has 6 rings (SSSR count). The Hall–Kier alpha value is -4.51. The van der Waals surface area contributed by atoms with Crippen LogP contribution in [0.1, 0.15) is 46.4 Å². The summed E-state index contributed by atoms with van der Waals surface area (Å²) in [6.45, 7) is 9.56. The quantitative estimate of drug-likeness (QED) is 0.216. The van der Waals surface area contributed by atoms with Crippen LogP contribution in [0.25, 0.3) is 11.0 Å². The van der Waals surface area contributed by atoms with E-state index in [1.807, 2.05) is 25.8 Å². The summed E-state index contributed by atoms with van der Waals surface area (Å²) < 4.78 is 44.4. The second-order valence-electron chi connectivity index (χ2n) is 11.2. The number of carbonyl (C=O) groups excluding carboxylic acids is 1. The number of aryl methyl sites for hydroxylation is 2. The second-order valence-corrected chi connectivity index (χ2v) is 11.2. The molecule has 0 aliphatic carbocycles. The zero-order chi connectivity index (χ0) is 33.1. The third kappa shape index (κ3) is 9.74. The number of H-pyrrole nitrogens is 1. The van der Waals surface area contributed by atoms with Crippen LogP contribution in [0.5, 0.6) is 0 Å². The fraction of sp³-hybridized carbons (Fsp3) is 0.394. The second kappa shape index (κ2) is 16.2. The number of alkyl halides is 3. The Kier molecular flexibility index (Phi) is 12.1. The number of aromatic nitrogens is 4. The summed E-state index contributed by atoms with van der Waals surface area (Å²) in [7, 11) is 2.00. The molecular formula is C33H39F3N8O2. The molecule has 0 spiro atoms. The molecule has 4 heterocycles. The molecule has 46 heavy (non-hydrogen) atoms. The minimum atomic E-state index is -4.43. The van der Waals surface area contributed by atoms with Gasteiger partial charge in [-0.2, -0.15) is 18.3 Å². The number of benzene rings is 2. The maximum Gasteiger partial charge on any atom is 0.416 e. The van der Waals surface area contributed by atoms with Crippen molar-refractivity contribution in [1.29, 1.82) is 0 Å². The summed E-state index contributed by atoms with van der Waals surface area (Å²) in [5, 5.41) is 9.85. The van der Waals surface area contributed by atoms with E-state index in [9.17, 15) is 18.0 Å². The van der Waals surface area contributed by atoms with Crippen molar-refractivity contribution in [2.45, 2.75) is 39.4 Å². The van der Waals surface area contributed by atoms with Gasteiger partial charge in [-0.15, -0.1) is 0 Å². The van der Waals surface area contributed by atoms with E-state index in [4.69, 9.17) is 10.5 Å². The number of likely N-dealkylation sites (N-methyl/N-ethyl adjacent to an activating group) is 1. The predicted octanol–water partition coefficient (Wildman–Crippen LogP) is 4.77. The highest BCUT2D eigenvalue weighted by atomic mass is 19.4. The Bertz CT molecular complexity index is 1660. The summed E-state index contributed by atoms with van der Waals surface area (Å²) >= 11 is 0. The van der Waals surface area contributed by atoms with Crippen molar-refractivity contribution in [1.82, 2.24) is 30.0 Å². The minimum absolute atomic E-state index is 0.152. The lowest BCUT2D eigenvalue weighted by Crippen LogP contribution is -2.44. The fourth-order valence-corrected chi connectivity index (χ4v) is 4.86. The monoisotopic (exact) mass is 636 g/mol. The van der Waals surface area contributed by atoms with Gasteiger partial charge in [0.15, 0.2) is 5.65 Å². The number of aromatic amines is 1. The Labute approximate surface area is 266 Å². The zero-order valence-electron chi connectivity index (χ0n) is 26.2. The van der Waals surface area contributed by atoms with Crippen LogP contribution in [0.2, 0.25) is 0 Å². The SMILES string of the molecule is C1CCOC1.CN1CCN(Cc2ccc(NC=O)cc2C(F)(F)F)CC1.Cc1ccc(C)c(C#Cc2[nH]nc3ncnc(N)c23)c1. The number of ether oxygens (including phenoxy) is 1. The number of rotatable bonds is 4. The first kappa shape index (κ1) is 34.4. The van der Waals surface area contributed by atoms with Gasteiger partial charge in [-0.25, -0.2) is 9.97 Å². The average Bonchev–Trinajstić information content (AvgIpc) is 3.74. The normalized spacial score (nSPS) is 15.2. The van der Waals surface area contributed by atoms with Crippen molar-refractivity contribution in [2.75, 3.05) is 57.5 Å². The standard InChI is InChI=1S/C15H13N5.C14H18F3N3O.C4H8O/c1-9-3-4-10(2)11(7-9)5-6-12-13-14(16)17-8-18-15(13)20-19-12;1-19-4-6-20(7-5-19)9-11-2-3-12(18-10-21)8-13(11)14(15,16)17;1-2-4-5-3-1/h3-4,7-8H,1-2H3,(H3,16,17,18,19,20);2-3,8,10H,4-7,9H2,1H3,(H,18,21);1-4H2. The Morgan fingerprint density at radius 3 is 2.43 bits per heavy atom. The van der Waals surface area contributed by atoms with Gasteiger partial charge >= 0.3 is 6.18 Å². The third-order valence-corrected chi connectivity index (χ3v) is 7.55. The smallest absolute Gasteiger partial charge is 0.383 e. The third-order valence-electron chi connectivity index (χ3n) is 7.55. The van der Waals surface area contributed by atoms with Crippen LogP contribution in [0, 0.1) is 25.7 Å². The zero-order valence-corrected chi connectivity index (χ0v) is 26.2. The van der Waals surface area contributed by atoms with Gasteiger partial charge in [0.25, 0.3) is 0 Å². The van der Waals surface area contributed by atoms with Gasteiger partial charge in [0.1, 0.15) is 17.8 Å². The van der Waals surface area contributed by atoms with Crippen molar-refractivity contribution < 1.29 is 22.7 Å². The molecule has 2 aromatic carbocycles. The maximum absolute atomic E-state index is 13.1. The van der Waals surface area contributed by atoms with Crippen LogP contribution >= 0.6 is 0 Å². The number of amides is 1. The number of fused-ring (bicyclic) bond motifs is 1.